The van der Waals surface area contributed by atoms with Crippen molar-refractivity contribution >= 4 is 5.78 Å². The zero-order chi connectivity index (χ0) is 17.8. The van der Waals surface area contributed by atoms with Crippen LogP contribution in [0.3, 0.4) is 0 Å². The SMILES string of the molecule is CCC(=O)C1[C@H](OC)CC2C3CC[C@H]4CCCCC4(C)C3CCC21C. The molecule has 4 rings (SSSR count). The molecule has 0 radical (unpaired) electrons. The third kappa shape index (κ3) is 2.49. The lowest BCUT2D eigenvalue weighted by molar-refractivity contribution is -0.138. The molecule has 0 amide bonds. The summed E-state index contributed by atoms with van der Waals surface area (Å²) in [5.41, 5.74) is 0.769. The van der Waals surface area contributed by atoms with Crippen LogP contribution in [0.25, 0.3) is 0 Å². The Kier molecular flexibility index (Phi) is 4.58. The Morgan fingerprint density at radius 3 is 2.52 bits per heavy atom. The predicted octanol–water partition coefficient (Wildman–Crippen LogP) is 5.64. The number of rotatable bonds is 3. The van der Waals surface area contributed by atoms with E-state index in [1.807, 2.05) is 14.0 Å². The predicted molar refractivity (Wildman–Crippen MR) is 101 cm³/mol. The van der Waals surface area contributed by atoms with Crippen LogP contribution in [0, 0.1) is 40.4 Å². The largest absolute Gasteiger partial charge is 0.381 e. The molecule has 8 atom stereocenters. The molecule has 2 heteroatoms. The molecule has 4 aliphatic rings. The van der Waals surface area contributed by atoms with Gasteiger partial charge in [0.2, 0.25) is 0 Å². The van der Waals surface area contributed by atoms with E-state index in [1.165, 1.54) is 51.4 Å². The van der Waals surface area contributed by atoms with E-state index in [0.717, 1.165) is 24.2 Å². The number of Topliss-reactive ketones (excluding diaryl/α,β-unsaturated/α-hetero) is 1. The van der Waals surface area contributed by atoms with Crippen LogP contribution in [-0.2, 0) is 9.53 Å². The van der Waals surface area contributed by atoms with Gasteiger partial charge in [-0.2, -0.15) is 0 Å². The lowest BCUT2D eigenvalue weighted by atomic mass is 9.45. The normalized spacial score (nSPS) is 52.2. The Labute approximate surface area is 154 Å². The van der Waals surface area contributed by atoms with Crippen molar-refractivity contribution in [3.63, 3.8) is 0 Å². The summed E-state index contributed by atoms with van der Waals surface area (Å²) in [6, 6.07) is 0. The van der Waals surface area contributed by atoms with E-state index in [4.69, 9.17) is 4.74 Å². The number of carbonyl (C=O) groups is 1. The molecular weight excluding hydrogens is 308 g/mol. The standard InChI is InChI=1S/C23H38O2/c1-5-19(24)21-20(25-4)14-18-16-10-9-15-8-6-7-12-22(15,2)17(16)11-13-23(18,21)3/h15-18,20-21H,5-14H2,1-4H3/t15-,16?,17?,18?,20-,21?,22?,23?/m1/s1. The number of carbonyl (C=O) groups excluding carboxylic acids is 1. The number of ketones is 1. The summed E-state index contributed by atoms with van der Waals surface area (Å²) >= 11 is 0. The van der Waals surface area contributed by atoms with Gasteiger partial charge in [0.15, 0.2) is 0 Å². The molecule has 0 saturated heterocycles. The first-order chi connectivity index (χ1) is 12.0. The molecule has 0 aromatic heterocycles. The smallest absolute Gasteiger partial charge is 0.138 e. The highest BCUT2D eigenvalue weighted by atomic mass is 16.5. The zero-order valence-corrected chi connectivity index (χ0v) is 16.9. The average molecular weight is 347 g/mol. The minimum Gasteiger partial charge on any atom is -0.381 e. The zero-order valence-electron chi connectivity index (χ0n) is 16.9. The third-order valence-electron chi connectivity index (χ3n) is 9.59. The summed E-state index contributed by atoms with van der Waals surface area (Å²) in [6.07, 6.45) is 13.2. The van der Waals surface area contributed by atoms with Crippen molar-refractivity contribution in [3.8, 4) is 0 Å². The number of ether oxygens (including phenoxy) is 1. The summed E-state index contributed by atoms with van der Waals surface area (Å²) in [4.78, 5) is 12.8. The van der Waals surface area contributed by atoms with E-state index in [-0.39, 0.29) is 17.4 Å². The first kappa shape index (κ1) is 18.0. The van der Waals surface area contributed by atoms with Gasteiger partial charge in [-0.1, -0.05) is 33.6 Å². The first-order valence-electron chi connectivity index (χ1n) is 11.0. The van der Waals surface area contributed by atoms with Gasteiger partial charge in [-0.15, -0.1) is 0 Å². The Morgan fingerprint density at radius 1 is 1.00 bits per heavy atom. The van der Waals surface area contributed by atoms with E-state index in [2.05, 4.69) is 13.8 Å². The molecule has 25 heavy (non-hydrogen) atoms. The minimum atomic E-state index is 0.144. The molecule has 2 nitrogen and oxygen atoms in total. The van der Waals surface area contributed by atoms with Crippen LogP contribution in [0.5, 0.6) is 0 Å². The van der Waals surface area contributed by atoms with Crippen LogP contribution in [0.2, 0.25) is 0 Å². The Balaban J connectivity index is 1.65. The van der Waals surface area contributed by atoms with Gasteiger partial charge in [-0.3, -0.25) is 4.79 Å². The Hall–Kier alpha value is -0.370. The molecular formula is C23H38O2. The van der Waals surface area contributed by atoms with Crippen molar-refractivity contribution in [1.29, 1.82) is 0 Å². The van der Waals surface area contributed by atoms with Gasteiger partial charge >= 0.3 is 0 Å². The molecule has 0 spiro atoms. The summed E-state index contributed by atoms with van der Waals surface area (Å²) in [5, 5.41) is 0. The number of hydrogen-bond donors (Lipinski definition) is 0. The van der Waals surface area contributed by atoms with Gasteiger partial charge in [0.05, 0.1) is 6.10 Å². The average Bonchev–Trinajstić information content (AvgIpc) is 2.93. The van der Waals surface area contributed by atoms with Crippen molar-refractivity contribution in [2.75, 3.05) is 7.11 Å². The van der Waals surface area contributed by atoms with Crippen molar-refractivity contribution in [2.24, 2.45) is 40.4 Å². The van der Waals surface area contributed by atoms with E-state index in [0.29, 0.717) is 23.5 Å². The molecule has 0 aliphatic heterocycles. The number of hydrogen-bond acceptors (Lipinski definition) is 2. The molecule has 6 unspecified atom stereocenters. The van der Waals surface area contributed by atoms with Crippen molar-refractivity contribution in [2.45, 2.75) is 91.1 Å². The molecule has 0 aromatic rings. The highest BCUT2D eigenvalue weighted by Crippen LogP contribution is 2.67. The first-order valence-corrected chi connectivity index (χ1v) is 11.0. The summed E-state index contributed by atoms with van der Waals surface area (Å²) in [5.74, 6) is 4.01. The van der Waals surface area contributed by atoms with Crippen LogP contribution < -0.4 is 0 Å². The van der Waals surface area contributed by atoms with E-state index < -0.39 is 0 Å². The molecule has 142 valence electrons. The van der Waals surface area contributed by atoms with Crippen LogP contribution in [-0.4, -0.2) is 19.0 Å². The fourth-order valence-corrected chi connectivity index (χ4v) is 8.31. The van der Waals surface area contributed by atoms with Crippen LogP contribution in [0.4, 0.5) is 0 Å². The van der Waals surface area contributed by atoms with E-state index in [1.54, 1.807) is 0 Å². The topological polar surface area (TPSA) is 26.3 Å². The Bertz CT molecular complexity index is 528. The maximum absolute atomic E-state index is 12.8. The van der Waals surface area contributed by atoms with Crippen LogP contribution in [0.1, 0.15) is 85.0 Å². The molecule has 4 aliphatic carbocycles. The van der Waals surface area contributed by atoms with E-state index in [9.17, 15) is 4.79 Å². The maximum Gasteiger partial charge on any atom is 0.138 e. The summed E-state index contributed by atoms with van der Waals surface area (Å²) in [6.45, 7) is 7.11. The van der Waals surface area contributed by atoms with Gasteiger partial charge in [0.25, 0.3) is 0 Å². The second-order valence-electron chi connectivity index (χ2n) is 10.3. The van der Waals surface area contributed by atoms with Crippen molar-refractivity contribution in [1.82, 2.24) is 0 Å². The van der Waals surface area contributed by atoms with Gasteiger partial charge < -0.3 is 4.74 Å². The Morgan fingerprint density at radius 2 is 1.80 bits per heavy atom. The molecule has 0 aromatic carbocycles. The molecule has 4 saturated carbocycles. The number of methoxy groups -OCH3 is 1. The second kappa shape index (κ2) is 6.36. The lowest BCUT2D eigenvalue weighted by Crippen LogP contribution is -2.53. The summed E-state index contributed by atoms with van der Waals surface area (Å²) < 4.78 is 5.89. The van der Waals surface area contributed by atoms with Crippen LogP contribution in [0.15, 0.2) is 0 Å². The molecule has 0 N–H and O–H groups in total. The van der Waals surface area contributed by atoms with Crippen molar-refractivity contribution in [3.05, 3.63) is 0 Å². The molecule has 0 bridgehead atoms. The second-order valence-corrected chi connectivity index (χ2v) is 10.3. The fraction of sp³-hybridized carbons (Fsp3) is 0.957. The highest BCUT2D eigenvalue weighted by Gasteiger charge is 2.63. The van der Waals surface area contributed by atoms with Crippen LogP contribution >= 0.6 is 0 Å². The quantitative estimate of drug-likeness (QED) is 0.661. The maximum atomic E-state index is 12.8. The van der Waals surface area contributed by atoms with Gasteiger partial charge in [-0.05, 0) is 79.4 Å². The van der Waals surface area contributed by atoms with E-state index >= 15 is 0 Å². The summed E-state index contributed by atoms with van der Waals surface area (Å²) in [7, 11) is 1.83. The van der Waals surface area contributed by atoms with Gasteiger partial charge in [-0.25, -0.2) is 0 Å². The minimum absolute atomic E-state index is 0.144. The lowest BCUT2D eigenvalue weighted by Gasteiger charge is -2.60. The molecule has 0 heterocycles. The third-order valence-corrected chi connectivity index (χ3v) is 9.59. The monoisotopic (exact) mass is 346 g/mol. The van der Waals surface area contributed by atoms with Crippen molar-refractivity contribution < 1.29 is 9.53 Å². The highest BCUT2D eigenvalue weighted by molar-refractivity contribution is 5.82. The fourth-order valence-electron chi connectivity index (χ4n) is 8.31. The number of fused-ring (bicyclic) bond motifs is 5. The molecule has 4 fully saturated rings. The van der Waals surface area contributed by atoms with Gasteiger partial charge in [0, 0.05) is 19.4 Å². The van der Waals surface area contributed by atoms with Gasteiger partial charge in [0.1, 0.15) is 5.78 Å².